The number of thiocarbonyl (C=S) groups is 1. The van der Waals surface area contributed by atoms with Crippen molar-refractivity contribution in [3.8, 4) is 0 Å². The number of ether oxygens (including phenoxy) is 1. The normalized spacial score (nSPS) is 19.8. The second-order valence-electron chi connectivity index (χ2n) is 5.49. The van der Waals surface area contributed by atoms with Crippen molar-refractivity contribution in [1.82, 2.24) is 4.90 Å². The van der Waals surface area contributed by atoms with Crippen LogP contribution >= 0.6 is 12.2 Å². The van der Waals surface area contributed by atoms with E-state index in [9.17, 15) is 8.42 Å². The molecule has 0 aromatic heterocycles. The lowest BCUT2D eigenvalue weighted by molar-refractivity contribution is 0.166. The van der Waals surface area contributed by atoms with Crippen LogP contribution in [0.15, 0.2) is 24.3 Å². The predicted octanol–water partition coefficient (Wildman–Crippen LogP) is 1.83. The number of nitrogens with zero attached hydrogens (tertiary/aromatic N) is 1. The Labute approximate surface area is 137 Å². The molecule has 0 unspecified atom stereocenters. The quantitative estimate of drug-likeness (QED) is 0.824. The maximum atomic E-state index is 11.7. The molecule has 1 N–H and O–H groups in total. The number of rotatable bonds is 5. The van der Waals surface area contributed by atoms with Crippen LogP contribution in [0.25, 0.3) is 0 Å². The topological polar surface area (TPSA) is 58.6 Å². The highest BCUT2D eigenvalue weighted by Crippen LogP contribution is 2.20. The van der Waals surface area contributed by atoms with Crippen LogP contribution < -0.4 is 5.32 Å². The van der Waals surface area contributed by atoms with E-state index in [1.54, 1.807) is 7.11 Å². The van der Waals surface area contributed by atoms with E-state index in [0.717, 1.165) is 11.3 Å². The smallest absolute Gasteiger partial charge is 0.173 e. The Hall–Kier alpha value is -1.18. The van der Waals surface area contributed by atoms with E-state index < -0.39 is 9.84 Å². The minimum absolute atomic E-state index is 0.0795. The minimum Gasteiger partial charge on any atom is -0.383 e. The second-order valence-corrected chi connectivity index (χ2v) is 8.10. The van der Waals surface area contributed by atoms with Gasteiger partial charge in [0.25, 0.3) is 0 Å². The molecule has 0 saturated carbocycles. The number of anilines is 1. The maximum absolute atomic E-state index is 11.7. The summed E-state index contributed by atoms with van der Waals surface area (Å²) in [5, 5.41) is 3.78. The fourth-order valence-electron chi connectivity index (χ4n) is 2.56. The Morgan fingerprint density at radius 1 is 1.45 bits per heavy atom. The van der Waals surface area contributed by atoms with Gasteiger partial charge in [-0.25, -0.2) is 8.42 Å². The van der Waals surface area contributed by atoms with Crippen LogP contribution in [0.4, 0.5) is 5.69 Å². The average Bonchev–Trinajstić information content (AvgIpc) is 2.82. The summed E-state index contributed by atoms with van der Waals surface area (Å²) in [4.78, 5) is 1.94. The van der Waals surface area contributed by atoms with Crippen molar-refractivity contribution in [2.45, 2.75) is 19.4 Å². The van der Waals surface area contributed by atoms with Crippen LogP contribution in [-0.4, -0.2) is 56.2 Å². The molecule has 0 aliphatic carbocycles. The zero-order valence-corrected chi connectivity index (χ0v) is 14.5. The van der Waals surface area contributed by atoms with E-state index in [4.69, 9.17) is 17.0 Å². The molecule has 1 heterocycles. The van der Waals surface area contributed by atoms with Gasteiger partial charge in [0.05, 0.1) is 18.1 Å². The standard InChI is InChI=1S/C15H22N2O3S2/c1-12-5-3-4-6-14(12)16-15(21)17(8-9-20-2)13-7-10-22(18,19)11-13/h3-6,13H,7-11H2,1-2H3,(H,16,21)/t13-/m1/s1. The summed E-state index contributed by atoms with van der Waals surface area (Å²) in [5.41, 5.74) is 2.03. The van der Waals surface area contributed by atoms with Gasteiger partial charge in [0, 0.05) is 25.4 Å². The first-order valence-corrected chi connectivity index (χ1v) is 9.48. The highest BCUT2D eigenvalue weighted by molar-refractivity contribution is 7.91. The largest absolute Gasteiger partial charge is 0.383 e. The lowest BCUT2D eigenvalue weighted by Gasteiger charge is -2.31. The second kappa shape index (κ2) is 7.39. The van der Waals surface area contributed by atoms with Gasteiger partial charge in [-0.05, 0) is 37.2 Å². The van der Waals surface area contributed by atoms with Gasteiger partial charge < -0.3 is 15.0 Å². The molecular formula is C15H22N2O3S2. The van der Waals surface area contributed by atoms with Crippen molar-refractivity contribution in [2.24, 2.45) is 0 Å². The number of aryl methyl sites for hydroxylation is 1. The van der Waals surface area contributed by atoms with Gasteiger partial charge in [-0.1, -0.05) is 18.2 Å². The third-order valence-electron chi connectivity index (χ3n) is 3.83. The van der Waals surface area contributed by atoms with Gasteiger partial charge in [0.15, 0.2) is 14.9 Å². The lowest BCUT2D eigenvalue weighted by Crippen LogP contribution is -2.45. The number of nitrogens with one attached hydrogen (secondary N) is 1. The molecule has 122 valence electrons. The van der Waals surface area contributed by atoms with E-state index in [-0.39, 0.29) is 17.5 Å². The van der Waals surface area contributed by atoms with E-state index in [1.807, 2.05) is 36.1 Å². The third kappa shape index (κ3) is 4.41. The first-order valence-electron chi connectivity index (χ1n) is 7.25. The van der Waals surface area contributed by atoms with E-state index in [1.165, 1.54) is 0 Å². The van der Waals surface area contributed by atoms with Gasteiger partial charge in [-0.2, -0.15) is 0 Å². The monoisotopic (exact) mass is 342 g/mol. The van der Waals surface area contributed by atoms with Crippen LogP contribution in [0, 0.1) is 6.92 Å². The van der Waals surface area contributed by atoms with Gasteiger partial charge >= 0.3 is 0 Å². The SMILES string of the molecule is COCCN(C(=S)Nc1ccccc1C)[C@@H]1CCS(=O)(=O)C1. The molecule has 0 radical (unpaired) electrons. The van der Waals surface area contributed by atoms with Crippen LogP contribution in [0.3, 0.4) is 0 Å². The van der Waals surface area contributed by atoms with Crippen LogP contribution in [0.2, 0.25) is 0 Å². The van der Waals surface area contributed by atoms with E-state index in [0.29, 0.717) is 24.7 Å². The molecule has 1 saturated heterocycles. The number of sulfone groups is 1. The molecular weight excluding hydrogens is 320 g/mol. The fourth-order valence-corrected chi connectivity index (χ4v) is 4.64. The molecule has 2 rings (SSSR count). The summed E-state index contributed by atoms with van der Waals surface area (Å²) < 4.78 is 28.6. The number of methoxy groups -OCH3 is 1. The van der Waals surface area contributed by atoms with Crippen molar-refractivity contribution < 1.29 is 13.2 Å². The van der Waals surface area contributed by atoms with Crippen molar-refractivity contribution >= 4 is 32.9 Å². The maximum Gasteiger partial charge on any atom is 0.173 e. The summed E-state index contributed by atoms with van der Waals surface area (Å²) in [5.74, 6) is 0.389. The molecule has 0 amide bonds. The molecule has 5 nitrogen and oxygen atoms in total. The average molecular weight is 342 g/mol. The van der Waals surface area contributed by atoms with Gasteiger partial charge in [-0.15, -0.1) is 0 Å². The minimum atomic E-state index is -2.95. The third-order valence-corrected chi connectivity index (χ3v) is 5.92. The molecule has 1 aliphatic rings. The van der Waals surface area contributed by atoms with Crippen molar-refractivity contribution in [3.63, 3.8) is 0 Å². The lowest BCUT2D eigenvalue weighted by atomic mass is 10.2. The van der Waals surface area contributed by atoms with Gasteiger partial charge in [0.1, 0.15) is 0 Å². The first kappa shape index (κ1) is 17.2. The zero-order valence-electron chi connectivity index (χ0n) is 12.9. The Morgan fingerprint density at radius 3 is 2.77 bits per heavy atom. The number of hydrogen-bond acceptors (Lipinski definition) is 4. The highest BCUT2D eigenvalue weighted by atomic mass is 32.2. The first-order chi connectivity index (χ1) is 10.4. The zero-order chi connectivity index (χ0) is 16.2. The molecule has 1 aromatic rings. The van der Waals surface area contributed by atoms with E-state index in [2.05, 4.69) is 5.32 Å². The van der Waals surface area contributed by atoms with Crippen LogP contribution in [0.1, 0.15) is 12.0 Å². The van der Waals surface area contributed by atoms with Crippen molar-refractivity contribution in [2.75, 3.05) is 37.1 Å². The summed E-state index contributed by atoms with van der Waals surface area (Å²) >= 11 is 5.51. The van der Waals surface area contributed by atoms with Crippen molar-refractivity contribution in [3.05, 3.63) is 29.8 Å². The summed E-state index contributed by atoms with van der Waals surface area (Å²) in [7, 11) is -1.32. The molecule has 1 fully saturated rings. The predicted molar refractivity (Wildman–Crippen MR) is 93.0 cm³/mol. The molecule has 1 aromatic carbocycles. The Bertz CT molecular complexity index is 631. The van der Waals surface area contributed by atoms with Crippen LogP contribution in [-0.2, 0) is 14.6 Å². The fraction of sp³-hybridized carbons (Fsp3) is 0.533. The number of benzene rings is 1. The molecule has 7 heteroatoms. The summed E-state index contributed by atoms with van der Waals surface area (Å²) in [6.07, 6.45) is 0.613. The molecule has 1 aliphatic heterocycles. The van der Waals surface area contributed by atoms with Crippen molar-refractivity contribution in [1.29, 1.82) is 0 Å². The van der Waals surface area contributed by atoms with Crippen LogP contribution in [0.5, 0.6) is 0 Å². The Morgan fingerprint density at radius 2 is 2.18 bits per heavy atom. The summed E-state index contributed by atoms with van der Waals surface area (Å²) in [6.45, 7) is 3.09. The summed E-state index contributed by atoms with van der Waals surface area (Å²) in [6, 6.07) is 7.79. The Balaban J connectivity index is 2.11. The molecule has 0 spiro atoms. The number of hydrogen-bond donors (Lipinski definition) is 1. The molecule has 0 bridgehead atoms. The van der Waals surface area contributed by atoms with Gasteiger partial charge in [0.2, 0.25) is 0 Å². The molecule has 1 atom stereocenters. The van der Waals surface area contributed by atoms with E-state index >= 15 is 0 Å². The van der Waals surface area contributed by atoms with Gasteiger partial charge in [-0.3, -0.25) is 0 Å². The molecule has 22 heavy (non-hydrogen) atoms. The number of para-hydroxylation sites is 1. The highest BCUT2D eigenvalue weighted by Gasteiger charge is 2.33. The Kier molecular flexibility index (Phi) is 5.77.